The summed E-state index contributed by atoms with van der Waals surface area (Å²) in [6.45, 7) is 1.08. The highest BCUT2D eigenvalue weighted by Gasteiger charge is 2.28. The van der Waals surface area contributed by atoms with E-state index in [0.717, 1.165) is 12.8 Å². The van der Waals surface area contributed by atoms with Gasteiger partial charge in [-0.05, 0) is 12.8 Å². The number of nitrogens with two attached hydrogens (primary N) is 1. The molecular formula is C8H13N5O2. The van der Waals surface area contributed by atoms with Gasteiger partial charge in [0.1, 0.15) is 0 Å². The normalized spacial score (nSPS) is 14.9. The van der Waals surface area contributed by atoms with Crippen molar-refractivity contribution in [3.05, 3.63) is 0 Å². The molecule has 1 fully saturated rings. The predicted molar refractivity (Wildman–Crippen MR) is 52.9 cm³/mol. The van der Waals surface area contributed by atoms with Crippen LogP contribution in [-0.4, -0.2) is 29.2 Å². The van der Waals surface area contributed by atoms with Crippen molar-refractivity contribution in [1.82, 2.24) is 15.5 Å². The van der Waals surface area contributed by atoms with Gasteiger partial charge < -0.3 is 20.8 Å². The number of nitrogens with zero attached hydrogens (tertiary/aromatic N) is 2. The molecule has 0 unspecified atom stereocenters. The first-order valence-electron chi connectivity index (χ1n) is 4.86. The van der Waals surface area contributed by atoms with Crippen molar-refractivity contribution in [2.75, 3.05) is 24.1 Å². The Hall–Kier alpha value is -1.79. The van der Waals surface area contributed by atoms with Gasteiger partial charge in [-0.15, -0.1) is 0 Å². The zero-order chi connectivity index (χ0) is 10.7. The molecule has 1 saturated carbocycles. The Balaban J connectivity index is 1.60. The van der Waals surface area contributed by atoms with E-state index in [2.05, 4.69) is 20.8 Å². The van der Waals surface area contributed by atoms with E-state index in [-0.39, 0.29) is 23.9 Å². The Morgan fingerprint density at radius 1 is 1.47 bits per heavy atom. The lowest BCUT2D eigenvalue weighted by atomic mass is 10.4. The van der Waals surface area contributed by atoms with Gasteiger partial charge in [-0.2, -0.15) is 0 Å². The van der Waals surface area contributed by atoms with Crippen molar-refractivity contribution in [3.63, 3.8) is 0 Å². The number of carbonyl (C=O) groups is 1. The zero-order valence-corrected chi connectivity index (χ0v) is 8.19. The third kappa shape index (κ3) is 2.83. The minimum atomic E-state index is 0.0273. The molecule has 0 aliphatic heterocycles. The second kappa shape index (κ2) is 4.16. The van der Waals surface area contributed by atoms with Crippen LogP contribution in [0.2, 0.25) is 0 Å². The van der Waals surface area contributed by atoms with Crippen LogP contribution in [0.1, 0.15) is 12.8 Å². The van der Waals surface area contributed by atoms with Gasteiger partial charge >= 0.3 is 12.0 Å². The van der Waals surface area contributed by atoms with Crippen LogP contribution >= 0.6 is 0 Å². The highest BCUT2D eigenvalue weighted by Crippen LogP contribution is 2.28. The summed E-state index contributed by atoms with van der Waals surface area (Å²) >= 11 is 0. The van der Waals surface area contributed by atoms with Gasteiger partial charge in [0.05, 0.1) is 0 Å². The Morgan fingerprint density at radius 2 is 2.27 bits per heavy atom. The lowest BCUT2D eigenvalue weighted by Crippen LogP contribution is -2.29. The minimum absolute atomic E-state index is 0.0273. The van der Waals surface area contributed by atoms with Crippen LogP contribution in [0, 0.1) is 5.92 Å². The van der Waals surface area contributed by atoms with Crippen molar-refractivity contribution < 1.29 is 9.21 Å². The number of aromatic nitrogens is 2. The SMILES string of the molecule is Nc1nnc(NCCNC(=O)C2CC2)o1. The Labute approximate surface area is 86.4 Å². The van der Waals surface area contributed by atoms with Gasteiger partial charge in [-0.3, -0.25) is 4.79 Å². The number of anilines is 2. The number of carbonyl (C=O) groups excluding carboxylic acids is 1. The molecule has 0 spiro atoms. The minimum Gasteiger partial charge on any atom is -0.390 e. The largest absolute Gasteiger partial charge is 0.390 e. The molecule has 0 saturated heterocycles. The van der Waals surface area contributed by atoms with E-state index in [1.165, 1.54) is 0 Å². The summed E-state index contributed by atoms with van der Waals surface area (Å²) in [5.74, 6) is 0.367. The third-order valence-electron chi connectivity index (χ3n) is 2.09. The number of rotatable bonds is 5. The van der Waals surface area contributed by atoms with Gasteiger partial charge in [0, 0.05) is 19.0 Å². The molecule has 7 heteroatoms. The highest BCUT2D eigenvalue weighted by molar-refractivity contribution is 5.80. The lowest BCUT2D eigenvalue weighted by Gasteiger charge is -2.03. The molecule has 1 aromatic rings. The summed E-state index contributed by atoms with van der Waals surface area (Å²) in [4.78, 5) is 11.2. The molecule has 2 rings (SSSR count). The second-order valence-corrected chi connectivity index (χ2v) is 3.44. The maximum absolute atomic E-state index is 11.2. The van der Waals surface area contributed by atoms with E-state index < -0.39 is 0 Å². The van der Waals surface area contributed by atoms with E-state index in [0.29, 0.717) is 13.1 Å². The molecule has 4 N–H and O–H groups in total. The maximum atomic E-state index is 11.2. The molecule has 1 aliphatic rings. The average Bonchev–Trinajstić information content (AvgIpc) is 2.98. The first-order chi connectivity index (χ1) is 7.25. The van der Waals surface area contributed by atoms with Crippen molar-refractivity contribution >= 4 is 17.9 Å². The quantitative estimate of drug-likeness (QED) is 0.572. The Kier molecular flexibility index (Phi) is 2.70. The summed E-state index contributed by atoms with van der Waals surface area (Å²) < 4.78 is 4.88. The molecule has 0 atom stereocenters. The second-order valence-electron chi connectivity index (χ2n) is 3.44. The first kappa shape index (κ1) is 9.75. The fraction of sp³-hybridized carbons (Fsp3) is 0.625. The summed E-state index contributed by atoms with van der Waals surface area (Å²) in [6.07, 6.45) is 2.03. The summed E-state index contributed by atoms with van der Waals surface area (Å²) in [6, 6.07) is 0.299. The lowest BCUT2D eigenvalue weighted by molar-refractivity contribution is -0.122. The fourth-order valence-electron chi connectivity index (χ4n) is 1.15. The monoisotopic (exact) mass is 211 g/mol. The van der Waals surface area contributed by atoms with E-state index in [1.54, 1.807) is 0 Å². The van der Waals surface area contributed by atoms with Crippen LogP contribution in [-0.2, 0) is 4.79 Å². The molecule has 1 aromatic heterocycles. The summed E-state index contributed by atoms with van der Waals surface area (Å²) in [5, 5.41) is 12.7. The first-order valence-corrected chi connectivity index (χ1v) is 4.86. The molecule has 7 nitrogen and oxygen atoms in total. The zero-order valence-electron chi connectivity index (χ0n) is 8.19. The molecule has 1 aliphatic carbocycles. The molecule has 1 heterocycles. The van der Waals surface area contributed by atoms with Crippen LogP contribution in [0.15, 0.2) is 4.42 Å². The van der Waals surface area contributed by atoms with E-state index in [9.17, 15) is 4.79 Å². The maximum Gasteiger partial charge on any atom is 0.316 e. The van der Waals surface area contributed by atoms with E-state index in [1.807, 2.05) is 0 Å². The third-order valence-corrected chi connectivity index (χ3v) is 2.09. The molecule has 1 amide bonds. The molecule has 0 radical (unpaired) electrons. The van der Waals surface area contributed by atoms with Crippen molar-refractivity contribution in [2.24, 2.45) is 5.92 Å². The van der Waals surface area contributed by atoms with E-state index in [4.69, 9.17) is 10.2 Å². The summed E-state index contributed by atoms with van der Waals surface area (Å²) in [5.41, 5.74) is 5.23. The smallest absolute Gasteiger partial charge is 0.316 e. The van der Waals surface area contributed by atoms with Crippen LogP contribution in [0.4, 0.5) is 12.0 Å². The average molecular weight is 211 g/mol. The molecule has 0 aromatic carbocycles. The van der Waals surface area contributed by atoms with Gasteiger partial charge in [-0.25, -0.2) is 0 Å². The van der Waals surface area contributed by atoms with Gasteiger partial charge in [-0.1, -0.05) is 10.2 Å². The van der Waals surface area contributed by atoms with Crippen molar-refractivity contribution in [2.45, 2.75) is 12.8 Å². The van der Waals surface area contributed by atoms with Crippen molar-refractivity contribution in [1.29, 1.82) is 0 Å². The van der Waals surface area contributed by atoms with Crippen LogP contribution < -0.4 is 16.4 Å². The molecule has 15 heavy (non-hydrogen) atoms. The number of nitrogen functional groups attached to an aromatic ring is 1. The fourth-order valence-corrected chi connectivity index (χ4v) is 1.15. The molecule has 82 valence electrons. The van der Waals surface area contributed by atoms with Crippen LogP contribution in [0.25, 0.3) is 0 Å². The van der Waals surface area contributed by atoms with Gasteiger partial charge in [0.2, 0.25) is 5.91 Å². The number of amides is 1. The molecule has 0 bridgehead atoms. The van der Waals surface area contributed by atoms with Crippen LogP contribution in [0.5, 0.6) is 0 Å². The Morgan fingerprint density at radius 3 is 2.87 bits per heavy atom. The predicted octanol–water partition coefficient (Wildman–Crippen LogP) is -0.410. The number of hydrogen-bond acceptors (Lipinski definition) is 6. The highest BCUT2D eigenvalue weighted by atomic mass is 16.4. The topological polar surface area (TPSA) is 106 Å². The number of hydrogen-bond donors (Lipinski definition) is 3. The van der Waals surface area contributed by atoms with Gasteiger partial charge in [0.25, 0.3) is 0 Å². The van der Waals surface area contributed by atoms with Crippen LogP contribution in [0.3, 0.4) is 0 Å². The number of nitrogens with one attached hydrogen (secondary N) is 2. The molecular weight excluding hydrogens is 198 g/mol. The van der Waals surface area contributed by atoms with Gasteiger partial charge in [0.15, 0.2) is 0 Å². The standard InChI is InChI=1S/C8H13N5O2/c9-7-12-13-8(15-7)11-4-3-10-6(14)5-1-2-5/h5H,1-4H2,(H2,9,12)(H,10,14)(H,11,13). The van der Waals surface area contributed by atoms with E-state index >= 15 is 0 Å². The van der Waals surface area contributed by atoms with Crippen molar-refractivity contribution in [3.8, 4) is 0 Å². The summed E-state index contributed by atoms with van der Waals surface area (Å²) in [7, 11) is 0. The Bertz CT molecular complexity index is 347.